The maximum Gasteiger partial charge on any atom is 0.277 e. The SMILES string of the molecule is Cc1cccc(C(N)C(F)F)c1[N+](=O)[O-]. The van der Waals surface area contributed by atoms with Gasteiger partial charge in [0, 0.05) is 5.56 Å². The summed E-state index contributed by atoms with van der Waals surface area (Å²) in [5.74, 6) is 0. The molecular weight excluding hydrogens is 206 g/mol. The standard InChI is InChI=1S/C9H10F2N2O2/c1-5-3-2-4-6(7(12)9(10)11)8(5)13(14)15/h2-4,7,9H,12H2,1H3. The lowest BCUT2D eigenvalue weighted by Crippen LogP contribution is -2.20. The normalized spacial score (nSPS) is 12.9. The van der Waals surface area contributed by atoms with Crippen molar-refractivity contribution in [2.75, 3.05) is 0 Å². The molecule has 1 aromatic carbocycles. The smallest absolute Gasteiger partial charge is 0.277 e. The second-order valence-electron chi connectivity index (χ2n) is 3.13. The number of para-hydroxylation sites is 1. The van der Waals surface area contributed by atoms with Gasteiger partial charge in [-0.25, -0.2) is 8.78 Å². The van der Waals surface area contributed by atoms with Crippen molar-refractivity contribution < 1.29 is 13.7 Å². The molecule has 0 heterocycles. The summed E-state index contributed by atoms with van der Waals surface area (Å²) in [6, 6.07) is 2.59. The molecule has 0 bridgehead atoms. The van der Waals surface area contributed by atoms with E-state index >= 15 is 0 Å². The number of nitro groups is 1. The summed E-state index contributed by atoms with van der Waals surface area (Å²) >= 11 is 0. The van der Waals surface area contributed by atoms with Crippen LogP contribution in [0.3, 0.4) is 0 Å². The molecule has 1 unspecified atom stereocenters. The van der Waals surface area contributed by atoms with E-state index in [2.05, 4.69) is 0 Å². The molecule has 0 radical (unpaired) electrons. The molecule has 1 rings (SSSR count). The molecular formula is C9H10F2N2O2. The Balaban J connectivity index is 3.29. The molecule has 6 heteroatoms. The molecule has 0 aliphatic rings. The van der Waals surface area contributed by atoms with Gasteiger partial charge >= 0.3 is 0 Å². The first-order chi connectivity index (χ1) is 6.95. The number of alkyl halides is 2. The summed E-state index contributed by atoms with van der Waals surface area (Å²) in [5.41, 5.74) is 5.06. The van der Waals surface area contributed by atoms with Gasteiger partial charge in [-0.15, -0.1) is 0 Å². The van der Waals surface area contributed by atoms with Crippen LogP contribution in [-0.2, 0) is 0 Å². The van der Waals surface area contributed by atoms with Crippen molar-refractivity contribution in [1.82, 2.24) is 0 Å². The second kappa shape index (κ2) is 4.31. The Hall–Kier alpha value is -1.56. The lowest BCUT2D eigenvalue weighted by Gasteiger charge is -2.11. The molecule has 1 atom stereocenters. The van der Waals surface area contributed by atoms with Gasteiger partial charge < -0.3 is 5.73 Å². The molecule has 0 aliphatic carbocycles. The van der Waals surface area contributed by atoms with Crippen molar-refractivity contribution in [3.05, 3.63) is 39.4 Å². The van der Waals surface area contributed by atoms with Gasteiger partial charge in [-0.05, 0) is 6.92 Å². The zero-order chi connectivity index (χ0) is 11.6. The number of benzene rings is 1. The first kappa shape index (κ1) is 11.5. The first-order valence-corrected chi connectivity index (χ1v) is 4.22. The Morgan fingerprint density at radius 3 is 2.53 bits per heavy atom. The number of hydrogen-bond acceptors (Lipinski definition) is 3. The fourth-order valence-electron chi connectivity index (χ4n) is 1.34. The first-order valence-electron chi connectivity index (χ1n) is 4.22. The fourth-order valence-corrected chi connectivity index (χ4v) is 1.34. The molecule has 0 aromatic heterocycles. The zero-order valence-corrected chi connectivity index (χ0v) is 7.98. The monoisotopic (exact) mass is 216 g/mol. The van der Waals surface area contributed by atoms with Crippen LogP contribution in [0.5, 0.6) is 0 Å². The van der Waals surface area contributed by atoms with E-state index in [9.17, 15) is 18.9 Å². The minimum Gasteiger partial charge on any atom is -0.319 e. The van der Waals surface area contributed by atoms with Crippen LogP contribution >= 0.6 is 0 Å². The minimum atomic E-state index is -2.81. The average Bonchev–Trinajstić information content (AvgIpc) is 2.15. The van der Waals surface area contributed by atoms with Crippen LogP contribution in [0, 0.1) is 17.0 Å². The van der Waals surface area contributed by atoms with Gasteiger partial charge in [-0.3, -0.25) is 10.1 Å². The molecule has 82 valence electrons. The third-order valence-corrected chi connectivity index (χ3v) is 2.08. The summed E-state index contributed by atoms with van der Waals surface area (Å²) < 4.78 is 24.7. The number of rotatable bonds is 3. The van der Waals surface area contributed by atoms with Crippen LogP contribution in [0.25, 0.3) is 0 Å². The number of nitro benzene ring substituents is 1. The van der Waals surface area contributed by atoms with E-state index in [4.69, 9.17) is 5.73 Å². The predicted octanol–water partition coefficient (Wildman–Crippen LogP) is 2.17. The predicted molar refractivity (Wildman–Crippen MR) is 50.8 cm³/mol. The van der Waals surface area contributed by atoms with Gasteiger partial charge in [0.15, 0.2) is 0 Å². The number of nitrogens with two attached hydrogens (primary N) is 1. The fraction of sp³-hybridized carbons (Fsp3) is 0.333. The molecule has 4 nitrogen and oxygen atoms in total. The summed E-state index contributed by atoms with van der Waals surface area (Å²) in [6.07, 6.45) is -2.81. The van der Waals surface area contributed by atoms with E-state index in [-0.39, 0.29) is 11.3 Å². The topological polar surface area (TPSA) is 69.2 Å². The van der Waals surface area contributed by atoms with Crippen LogP contribution in [0.15, 0.2) is 18.2 Å². The maximum absolute atomic E-state index is 12.3. The molecule has 0 aliphatic heterocycles. The summed E-state index contributed by atoms with van der Waals surface area (Å²) in [6.45, 7) is 1.49. The van der Waals surface area contributed by atoms with Gasteiger partial charge in [0.1, 0.15) is 0 Å². The van der Waals surface area contributed by atoms with Crippen molar-refractivity contribution in [1.29, 1.82) is 0 Å². The highest BCUT2D eigenvalue weighted by Gasteiger charge is 2.27. The van der Waals surface area contributed by atoms with Crippen LogP contribution < -0.4 is 5.73 Å². The van der Waals surface area contributed by atoms with Gasteiger partial charge in [-0.1, -0.05) is 18.2 Å². The Morgan fingerprint density at radius 1 is 1.47 bits per heavy atom. The van der Waals surface area contributed by atoms with E-state index in [1.54, 1.807) is 0 Å². The minimum absolute atomic E-state index is 0.130. The van der Waals surface area contributed by atoms with Crippen molar-refractivity contribution in [3.8, 4) is 0 Å². The lowest BCUT2D eigenvalue weighted by atomic mass is 10.0. The zero-order valence-electron chi connectivity index (χ0n) is 7.98. The van der Waals surface area contributed by atoms with Crippen molar-refractivity contribution in [3.63, 3.8) is 0 Å². The third kappa shape index (κ3) is 2.27. The van der Waals surface area contributed by atoms with E-state index < -0.39 is 17.4 Å². The summed E-state index contributed by atoms with van der Waals surface area (Å²) in [7, 11) is 0. The molecule has 0 saturated heterocycles. The van der Waals surface area contributed by atoms with E-state index in [1.807, 2.05) is 0 Å². The van der Waals surface area contributed by atoms with E-state index in [1.165, 1.54) is 25.1 Å². The van der Waals surface area contributed by atoms with Crippen LogP contribution in [-0.4, -0.2) is 11.3 Å². The Labute approximate surface area is 84.9 Å². The van der Waals surface area contributed by atoms with Crippen LogP contribution in [0.2, 0.25) is 0 Å². The van der Waals surface area contributed by atoms with Crippen LogP contribution in [0.4, 0.5) is 14.5 Å². The van der Waals surface area contributed by atoms with Gasteiger partial charge in [0.2, 0.25) is 0 Å². The largest absolute Gasteiger partial charge is 0.319 e. The molecule has 0 spiro atoms. The lowest BCUT2D eigenvalue weighted by molar-refractivity contribution is -0.386. The maximum atomic E-state index is 12.3. The molecule has 0 fully saturated rings. The summed E-state index contributed by atoms with van der Waals surface area (Å²) in [4.78, 5) is 9.99. The average molecular weight is 216 g/mol. The number of aryl methyl sites for hydroxylation is 1. The van der Waals surface area contributed by atoms with E-state index in [0.29, 0.717) is 5.56 Å². The Bertz CT molecular complexity index is 382. The van der Waals surface area contributed by atoms with Crippen molar-refractivity contribution in [2.45, 2.75) is 19.4 Å². The number of halogens is 2. The quantitative estimate of drug-likeness (QED) is 0.621. The molecule has 0 amide bonds. The van der Waals surface area contributed by atoms with Gasteiger partial charge in [0.25, 0.3) is 12.1 Å². The number of nitrogens with zero attached hydrogens (tertiary/aromatic N) is 1. The Morgan fingerprint density at radius 2 is 2.07 bits per heavy atom. The highest BCUT2D eigenvalue weighted by Crippen LogP contribution is 2.30. The van der Waals surface area contributed by atoms with Crippen molar-refractivity contribution >= 4 is 5.69 Å². The molecule has 0 saturated carbocycles. The highest BCUT2D eigenvalue weighted by atomic mass is 19.3. The third-order valence-electron chi connectivity index (χ3n) is 2.08. The molecule has 15 heavy (non-hydrogen) atoms. The van der Waals surface area contributed by atoms with E-state index in [0.717, 1.165) is 0 Å². The van der Waals surface area contributed by atoms with Gasteiger partial charge in [-0.2, -0.15) is 0 Å². The summed E-state index contributed by atoms with van der Waals surface area (Å²) in [5, 5.41) is 10.7. The molecule has 2 N–H and O–H groups in total. The van der Waals surface area contributed by atoms with Gasteiger partial charge in [0.05, 0.1) is 16.5 Å². The molecule has 1 aromatic rings. The number of hydrogen-bond donors (Lipinski definition) is 1. The van der Waals surface area contributed by atoms with Crippen LogP contribution in [0.1, 0.15) is 17.2 Å². The highest BCUT2D eigenvalue weighted by molar-refractivity contribution is 5.48. The Kier molecular flexibility index (Phi) is 3.31. The second-order valence-corrected chi connectivity index (χ2v) is 3.13. The van der Waals surface area contributed by atoms with Crippen molar-refractivity contribution in [2.24, 2.45) is 5.73 Å².